The third kappa shape index (κ3) is 4.01. The van der Waals surface area contributed by atoms with Gasteiger partial charge in [-0.15, -0.1) is 0 Å². The van der Waals surface area contributed by atoms with Gasteiger partial charge in [-0.25, -0.2) is 4.79 Å². The molecule has 0 fully saturated rings. The van der Waals surface area contributed by atoms with Crippen molar-refractivity contribution in [2.24, 2.45) is 11.5 Å². The van der Waals surface area contributed by atoms with Gasteiger partial charge in [-0.3, -0.25) is 10.1 Å². The second-order valence-corrected chi connectivity index (χ2v) is 4.75. The molecule has 2 rings (SSSR count). The van der Waals surface area contributed by atoms with E-state index in [2.05, 4.69) is 10.3 Å². The molecule has 0 aliphatic heterocycles. The monoisotopic (exact) mass is 318 g/mol. The van der Waals surface area contributed by atoms with Crippen molar-refractivity contribution in [2.45, 2.75) is 6.42 Å². The predicted molar refractivity (Wildman–Crippen MR) is 85.2 cm³/mol. The minimum Gasteiger partial charge on any atom is -0.493 e. The average Bonchev–Trinajstić information content (AvgIpc) is 2.91. The van der Waals surface area contributed by atoms with Crippen LogP contribution in [-0.2, 0) is 0 Å². The van der Waals surface area contributed by atoms with E-state index in [1.807, 2.05) is 0 Å². The zero-order valence-corrected chi connectivity index (χ0v) is 12.3. The number of ether oxygens (including phenoxy) is 1. The summed E-state index contributed by atoms with van der Waals surface area (Å²) in [7, 11) is 0. The highest BCUT2D eigenvalue weighted by Crippen LogP contribution is 2.32. The van der Waals surface area contributed by atoms with Crippen molar-refractivity contribution < 1.29 is 19.4 Å². The second kappa shape index (κ2) is 7.32. The maximum Gasteiger partial charge on any atom is 0.317 e. The Hall–Kier alpha value is -3.00. The summed E-state index contributed by atoms with van der Waals surface area (Å²) in [4.78, 5) is 25.4. The summed E-state index contributed by atoms with van der Waals surface area (Å²) in [5, 5.41) is 11.2. The first-order valence-electron chi connectivity index (χ1n) is 6.95. The molecule has 0 aliphatic rings. The van der Waals surface area contributed by atoms with Crippen molar-refractivity contribution in [1.82, 2.24) is 4.98 Å². The smallest absolute Gasteiger partial charge is 0.317 e. The van der Waals surface area contributed by atoms with Gasteiger partial charge in [0.15, 0.2) is 0 Å². The number of carbonyl (C=O) groups excluding carboxylic acids is 2. The first-order valence-corrected chi connectivity index (χ1v) is 6.95. The van der Waals surface area contributed by atoms with Gasteiger partial charge in [0.2, 0.25) is 0 Å². The number of aliphatic hydroxyl groups is 1. The fourth-order valence-corrected chi connectivity index (χ4v) is 2.08. The summed E-state index contributed by atoms with van der Waals surface area (Å²) < 4.78 is 5.61. The number of aromatic nitrogens is 1. The van der Waals surface area contributed by atoms with E-state index in [0.29, 0.717) is 30.0 Å². The number of urea groups is 1. The molecule has 0 unspecified atom stereocenters. The number of para-hydroxylation sites is 1. The van der Waals surface area contributed by atoms with E-state index in [1.165, 1.54) is 6.07 Å². The third-order valence-corrected chi connectivity index (χ3v) is 3.07. The SMILES string of the molecule is NC(=O)Nc1[nH]c(-c2ccccc2OCCCO)cc1C(N)=O. The van der Waals surface area contributed by atoms with E-state index >= 15 is 0 Å². The Morgan fingerprint density at radius 2 is 2.00 bits per heavy atom. The summed E-state index contributed by atoms with van der Waals surface area (Å²) in [6.45, 7) is 0.381. The summed E-state index contributed by atoms with van der Waals surface area (Å²) in [5.41, 5.74) is 11.7. The number of primary amides is 2. The minimum absolute atomic E-state index is 0.0309. The Bertz CT molecular complexity index is 711. The van der Waals surface area contributed by atoms with Crippen LogP contribution in [0, 0.1) is 0 Å². The van der Waals surface area contributed by atoms with Gasteiger partial charge in [0.05, 0.1) is 17.9 Å². The summed E-state index contributed by atoms with van der Waals surface area (Å²) in [5.74, 6) is 0.00365. The van der Waals surface area contributed by atoms with Crippen LogP contribution in [0.5, 0.6) is 5.75 Å². The van der Waals surface area contributed by atoms with Crippen LogP contribution in [0.3, 0.4) is 0 Å². The molecule has 3 amide bonds. The molecule has 8 nitrogen and oxygen atoms in total. The summed E-state index contributed by atoms with van der Waals surface area (Å²) in [6.07, 6.45) is 0.500. The normalized spacial score (nSPS) is 10.3. The van der Waals surface area contributed by atoms with Crippen molar-refractivity contribution in [1.29, 1.82) is 0 Å². The van der Waals surface area contributed by atoms with E-state index in [-0.39, 0.29) is 18.0 Å². The Morgan fingerprint density at radius 1 is 1.26 bits per heavy atom. The van der Waals surface area contributed by atoms with Gasteiger partial charge in [-0.2, -0.15) is 0 Å². The molecule has 1 aromatic heterocycles. The molecule has 0 bridgehead atoms. The lowest BCUT2D eigenvalue weighted by atomic mass is 10.1. The van der Waals surface area contributed by atoms with E-state index in [9.17, 15) is 9.59 Å². The fourth-order valence-electron chi connectivity index (χ4n) is 2.08. The topological polar surface area (TPSA) is 143 Å². The Kier molecular flexibility index (Phi) is 5.21. The number of rotatable bonds is 7. The molecule has 7 N–H and O–H groups in total. The van der Waals surface area contributed by atoms with Crippen LogP contribution in [-0.4, -0.2) is 35.2 Å². The Balaban J connectivity index is 2.38. The largest absolute Gasteiger partial charge is 0.493 e. The van der Waals surface area contributed by atoms with Gasteiger partial charge in [-0.1, -0.05) is 12.1 Å². The van der Waals surface area contributed by atoms with Crippen LogP contribution in [0.25, 0.3) is 11.3 Å². The van der Waals surface area contributed by atoms with E-state index in [1.54, 1.807) is 24.3 Å². The van der Waals surface area contributed by atoms with Crippen LogP contribution in [0.15, 0.2) is 30.3 Å². The first kappa shape index (κ1) is 16.4. The summed E-state index contributed by atoms with van der Waals surface area (Å²) >= 11 is 0. The van der Waals surface area contributed by atoms with Crippen LogP contribution < -0.4 is 21.5 Å². The number of carbonyl (C=O) groups is 2. The van der Waals surface area contributed by atoms with Crippen molar-refractivity contribution in [3.63, 3.8) is 0 Å². The molecule has 0 radical (unpaired) electrons. The van der Waals surface area contributed by atoms with Crippen LogP contribution >= 0.6 is 0 Å². The molecule has 1 heterocycles. The minimum atomic E-state index is -0.812. The molecule has 8 heteroatoms. The molecule has 0 aliphatic carbocycles. The van der Waals surface area contributed by atoms with Crippen molar-refractivity contribution >= 4 is 17.8 Å². The van der Waals surface area contributed by atoms with Crippen molar-refractivity contribution in [3.8, 4) is 17.0 Å². The number of amides is 3. The Labute approximate surface area is 132 Å². The molecule has 0 spiro atoms. The molecule has 1 aromatic carbocycles. The molecular weight excluding hydrogens is 300 g/mol. The van der Waals surface area contributed by atoms with Crippen molar-refractivity contribution in [2.75, 3.05) is 18.5 Å². The number of anilines is 1. The lowest BCUT2D eigenvalue weighted by Gasteiger charge is -2.10. The number of nitrogens with two attached hydrogens (primary N) is 2. The summed E-state index contributed by atoms with van der Waals surface area (Å²) in [6, 6.07) is 7.87. The number of hydrogen-bond donors (Lipinski definition) is 5. The first-order chi connectivity index (χ1) is 11.0. The lowest BCUT2D eigenvalue weighted by Crippen LogP contribution is -2.22. The average molecular weight is 318 g/mol. The highest BCUT2D eigenvalue weighted by atomic mass is 16.5. The number of benzene rings is 1. The number of aliphatic hydroxyl groups excluding tert-OH is 1. The van der Waals surface area contributed by atoms with Crippen LogP contribution in [0.2, 0.25) is 0 Å². The maximum absolute atomic E-state index is 11.5. The van der Waals surface area contributed by atoms with Gasteiger partial charge < -0.3 is 26.3 Å². The Morgan fingerprint density at radius 3 is 2.65 bits per heavy atom. The van der Waals surface area contributed by atoms with Gasteiger partial charge in [0.25, 0.3) is 5.91 Å². The highest BCUT2D eigenvalue weighted by molar-refractivity contribution is 6.03. The molecule has 23 heavy (non-hydrogen) atoms. The third-order valence-electron chi connectivity index (χ3n) is 3.07. The van der Waals surface area contributed by atoms with Gasteiger partial charge in [0.1, 0.15) is 11.6 Å². The number of aromatic amines is 1. The number of hydrogen-bond acceptors (Lipinski definition) is 4. The highest BCUT2D eigenvalue weighted by Gasteiger charge is 2.17. The van der Waals surface area contributed by atoms with E-state index in [0.717, 1.165) is 0 Å². The quantitative estimate of drug-likeness (QED) is 0.486. The van der Waals surface area contributed by atoms with Gasteiger partial charge in [0, 0.05) is 18.6 Å². The molecule has 122 valence electrons. The van der Waals surface area contributed by atoms with Crippen molar-refractivity contribution in [3.05, 3.63) is 35.9 Å². The molecule has 2 aromatic rings. The molecular formula is C15H18N4O4. The second-order valence-electron chi connectivity index (χ2n) is 4.75. The zero-order valence-electron chi connectivity index (χ0n) is 12.3. The number of nitrogens with one attached hydrogen (secondary N) is 2. The maximum atomic E-state index is 11.5. The molecule has 0 saturated carbocycles. The zero-order chi connectivity index (χ0) is 16.8. The molecule has 0 atom stereocenters. The standard InChI is InChI=1S/C15H18N4O4/c16-13(21)10-8-11(18-14(10)19-15(17)22)9-4-1-2-5-12(9)23-7-3-6-20/h1-2,4-5,8,18,20H,3,6-7H2,(H2,16,21)(H3,17,19,22). The molecule has 0 saturated heterocycles. The van der Waals surface area contributed by atoms with E-state index in [4.69, 9.17) is 21.3 Å². The van der Waals surface area contributed by atoms with Gasteiger partial charge >= 0.3 is 6.03 Å². The fraction of sp³-hybridized carbons (Fsp3) is 0.200. The van der Waals surface area contributed by atoms with Gasteiger partial charge in [-0.05, 0) is 18.2 Å². The lowest BCUT2D eigenvalue weighted by molar-refractivity contribution is 0.100. The van der Waals surface area contributed by atoms with Crippen LogP contribution in [0.4, 0.5) is 10.6 Å². The predicted octanol–water partition coefficient (Wildman–Crippen LogP) is 1.03. The van der Waals surface area contributed by atoms with E-state index < -0.39 is 11.9 Å². The van der Waals surface area contributed by atoms with Crippen LogP contribution in [0.1, 0.15) is 16.8 Å². The number of H-pyrrole nitrogens is 1.